The Bertz CT molecular complexity index is 1040. The number of sulfone groups is 1. The van der Waals surface area contributed by atoms with Crippen molar-refractivity contribution < 1.29 is 21.6 Å². The van der Waals surface area contributed by atoms with Crippen molar-refractivity contribution in [2.24, 2.45) is 7.05 Å². The lowest BCUT2D eigenvalue weighted by atomic mass is 10.2. The summed E-state index contributed by atoms with van der Waals surface area (Å²) in [6.07, 6.45) is 3.79. The van der Waals surface area contributed by atoms with E-state index >= 15 is 0 Å². The molecule has 28 heavy (non-hydrogen) atoms. The van der Waals surface area contributed by atoms with Crippen molar-refractivity contribution in [1.29, 1.82) is 0 Å². The molecule has 2 rings (SSSR count). The van der Waals surface area contributed by atoms with Gasteiger partial charge in [-0.1, -0.05) is 30.3 Å². The molecular formula is C17H22N4O5S2. The van der Waals surface area contributed by atoms with Crippen LogP contribution in [0.1, 0.15) is 12.0 Å². The molecule has 1 unspecified atom stereocenters. The summed E-state index contributed by atoms with van der Waals surface area (Å²) in [6.45, 7) is 0. The first-order valence-corrected chi connectivity index (χ1v) is 11.9. The second kappa shape index (κ2) is 9.13. The molecule has 1 amide bonds. The van der Waals surface area contributed by atoms with Gasteiger partial charge in [0.2, 0.25) is 15.9 Å². The van der Waals surface area contributed by atoms with Crippen LogP contribution in [-0.2, 0) is 31.7 Å². The van der Waals surface area contributed by atoms with E-state index in [0.717, 1.165) is 11.7 Å². The van der Waals surface area contributed by atoms with E-state index in [-0.39, 0.29) is 18.0 Å². The van der Waals surface area contributed by atoms with Crippen LogP contribution in [0.5, 0.6) is 0 Å². The summed E-state index contributed by atoms with van der Waals surface area (Å²) in [5.41, 5.74) is 0.665. The number of carbonyl (C=O) groups is 1. The SMILES string of the molecule is Cn1ccc(NC(=O)C(CCS(C)(=O)=O)NS(=O)(=O)/C=C/c2ccccc2)n1. The monoisotopic (exact) mass is 426 g/mol. The van der Waals surface area contributed by atoms with Crippen molar-refractivity contribution in [2.45, 2.75) is 12.5 Å². The van der Waals surface area contributed by atoms with Crippen molar-refractivity contribution >= 4 is 37.7 Å². The van der Waals surface area contributed by atoms with Crippen LogP contribution in [0.2, 0.25) is 0 Å². The Hall–Kier alpha value is -2.50. The third-order valence-corrected chi connectivity index (χ3v) is 5.69. The molecule has 1 aromatic carbocycles. The van der Waals surface area contributed by atoms with E-state index in [9.17, 15) is 21.6 Å². The van der Waals surface area contributed by atoms with Gasteiger partial charge >= 0.3 is 0 Å². The first-order valence-electron chi connectivity index (χ1n) is 8.28. The minimum absolute atomic E-state index is 0.212. The number of aromatic nitrogens is 2. The summed E-state index contributed by atoms with van der Waals surface area (Å²) in [4.78, 5) is 12.5. The van der Waals surface area contributed by atoms with Crippen LogP contribution in [0.25, 0.3) is 6.08 Å². The van der Waals surface area contributed by atoms with Gasteiger partial charge in [-0.25, -0.2) is 16.8 Å². The number of hydrogen-bond donors (Lipinski definition) is 2. The van der Waals surface area contributed by atoms with Crippen molar-refractivity contribution in [1.82, 2.24) is 14.5 Å². The highest BCUT2D eigenvalue weighted by Gasteiger charge is 2.25. The topological polar surface area (TPSA) is 127 Å². The number of sulfonamides is 1. The lowest BCUT2D eigenvalue weighted by molar-refractivity contribution is -0.117. The standard InChI is InChI=1S/C17H22N4O5S2/c1-21-11-8-16(19-21)18-17(22)15(10-12-27(2,23)24)20-28(25,26)13-9-14-6-4-3-5-7-14/h3-9,11,13,15,20H,10,12H2,1-2H3,(H,18,19,22)/b13-9+. The highest BCUT2D eigenvalue weighted by Crippen LogP contribution is 2.08. The van der Waals surface area contributed by atoms with Gasteiger partial charge in [0.15, 0.2) is 5.82 Å². The maximum atomic E-state index is 12.5. The molecule has 0 bridgehead atoms. The lowest BCUT2D eigenvalue weighted by Crippen LogP contribution is -2.44. The fraction of sp³-hybridized carbons (Fsp3) is 0.294. The van der Waals surface area contributed by atoms with Crippen LogP contribution in [-0.4, -0.2) is 50.6 Å². The zero-order chi connectivity index (χ0) is 20.8. The van der Waals surface area contributed by atoms with Crippen LogP contribution in [0.15, 0.2) is 48.0 Å². The Kier molecular flexibility index (Phi) is 7.11. The van der Waals surface area contributed by atoms with Crippen LogP contribution in [0.4, 0.5) is 5.82 Å². The average Bonchev–Trinajstić information content (AvgIpc) is 3.02. The van der Waals surface area contributed by atoms with E-state index < -0.39 is 31.8 Å². The number of aryl methyl sites for hydroxylation is 1. The Balaban J connectivity index is 2.15. The number of benzene rings is 1. The average molecular weight is 427 g/mol. The van der Waals surface area contributed by atoms with Gasteiger partial charge in [-0.15, -0.1) is 0 Å². The molecule has 1 atom stereocenters. The van der Waals surface area contributed by atoms with Gasteiger partial charge in [0.25, 0.3) is 0 Å². The third kappa shape index (κ3) is 7.62. The minimum Gasteiger partial charge on any atom is -0.308 e. The third-order valence-electron chi connectivity index (χ3n) is 3.60. The molecule has 2 aromatic rings. The Morgan fingerprint density at radius 1 is 1.18 bits per heavy atom. The first kappa shape index (κ1) is 21.8. The number of amides is 1. The lowest BCUT2D eigenvalue weighted by Gasteiger charge is -2.16. The van der Waals surface area contributed by atoms with E-state index in [1.165, 1.54) is 16.8 Å². The molecule has 0 radical (unpaired) electrons. The molecule has 2 N–H and O–H groups in total. The van der Waals surface area contributed by atoms with Crippen molar-refractivity contribution in [2.75, 3.05) is 17.3 Å². The first-order chi connectivity index (χ1) is 13.0. The quantitative estimate of drug-likeness (QED) is 0.609. The molecule has 152 valence electrons. The molecule has 0 saturated heterocycles. The number of nitrogens with one attached hydrogen (secondary N) is 2. The Morgan fingerprint density at radius 2 is 1.86 bits per heavy atom. The van der Waals surface area contributed by atoms with Crippen LogP contribution < -0.4 is 10.0 Å². The Labute approximate surface area is 164 Å². The van der Waals surface area contributed by atoms with E-state index in [2.05, 4.69) is 15.1 Å². The van der Waals surface area contributed by atoms with Crippen molar-refractivity contribution in [3.63, 3.8) is 0 Å². The molecule has 0 aliphatic heterocycles. The maximum absolute atomic E-state index is 12.5. The molecule has 1 heterocycles. The van der Waals surface area contributed by atoms with E-state index in [0.29, 0.717) is 5.56 Å². The van der Waals surface area contributed by atoms with E-state index in [1.807, 2.05) is 0 Å². The molecule has 0 aliphatic carbocycles. The molecule has 11 heteroatoms. The molecule has 1 aromatic heterocycles. The van der Waals surface area contributed by atoms with E-state index in [4.69, 9.17) is 0 Å². The summed E-state index contributed by atoms with van der Waals surface area (Å²) >= 11 is 0. The number of rotatable bonds is 9. The molecule has 0 aliphatic rings. The molecule has 0 spiro atoms. The predicted molar refractivity (Wildman–Crippen MR) is 107 cm³/mol. The second-order valence-corrected chi connectivity index (χ2v) is 10.1. The van der Waals surface area contributed by atoms with Gasteiger partial charge in [-0.05, 0) is 18.1 Å². The van der Waals surface area contributed by atoms with Gasteiger partial charge < -0.3 is 5.32 Å². The molecular weight excluding hydrogens is 404 g/mol. The number of anilines is 1. The zero-order valence-corrected chi connectivity index (χ0v) is 17.1. The van der Waals surface area contributed by atoms with Gasteiger partial charge in [-0.2, -0.15) is 9.82 Å². The number of carbonyl (C=O) groups excluding carboxylic acids is 1. The van der Waals surface area contributed by atoms with Gasteiger partial charge in [0.05, 0.1) is 5.75 Å². The summed E-state index contributed by atoms with van der Waals surface area (Å²) < 4.78 is 51.3. The summed E-state index contributed by atoms with van der Waals surface area (Å²) in [5, 5.41) is 7.40. The largest absolute Gasteiger partial charge is 0.308 e. The molecule has 0 saturated carbocycles. The summed E-state index contributed by atoms with van der Waals surface area (Å²) in [7, 11) is -5.71. The number of nitrogens with zero attached hydrogens (tertiary/aromatic N) is 2. The predicted octanol–water partition coefficient (Wildman–Crippen LogP) is 0.752. The van der Waals surface area contributed by atoms with Crippen molar-refractivity contribution in [3.8, 4) is 0 Å². The van der Waals surface area contributed by atoms with Crippen LogP contribution in [0.3, 0.4) is 0 Å². The van der Waals surface area contributed by atoms with Crippen LogP contribution in [0, 0.1) is 0 Å². The summed E-state index contributed by atoms with van der Waals surface area (Å²) in [6, 6.07) is 9.02. The highest BCUT2D eigenvalue weighted by molar-refractivity contribution is 7.92. The fourth-order valence-corrected chi connectivity index (χ4v) is 3.94. The molecule has 9 nitrogen and oxygen atoms in total. The van der Waals surface area contributed by atoms with Gasteiger partial charge in [-0.3, -0.25) is 9.48 Å². The zero-order valence-electron chi connectivity index (χ0n) is 15.4. The fourth-order valence-electron chi connectivity index (χ4n) is 2.24. The van der Waals surface area contributed by atoms with Gasteiger partial charge in [0.1, 0.15) is 15.9 Å². The van der Waals surface area contributed by atoms with Crippen molar-refractivity contribution in [3.05, 3.63) is 53.6 Å². The normalized spacial score (nSPS) is 13.5. The summed E-state index contributed by atoms with van der Waals surface area (Å²) in [5.74, 6) is -0.812. The highest BCUT2D eigenvalue weighted by atomic mass is 32.2. The smallest absolute Gasteiger partial charge is 0.243 e. The van der Waals surface area contributed by atoms with E-state index in [1.54, 1.807) is 43.6 Å². The molecule has 0 fully saturated rings. The second-order valence-electron chi connectivity index (χ2n) is 6.21. The maximum Gasteiger partial charge on any atom is 0.243 e. The minimum atomic E-state index is -3.99. The van der Waals surface area contributed by atoms with Gasteiger partial charge in [0, 0.05) is 31.0 Å². The number of hydrogen-bond acceptors (Lipinski definition) is 6. The Morgan fingerprint density at radius 3 is 2.43 bits per heavy atom. The van der Waals surface area contributed by atoms with Crippen LogP contribution >= 0.6 is 0 Å².